The first-order chi connectivity index (χ1) is 5.89. The Morgan fingerprint density at radius 3 is 2.62 bits per heavy atom. The number of halogens is 2. The van der Waals surface area contributed by atoms with Crippen LogP contribution in [-0.2, 0) is 16.6 Å². The van der Waals surface area contributed by atoms with Gasteiger partial charge in [0.2, 0.25) is 0 Å². The van der Waals surface area contributed by atoms with Crippen molar-refractivity contribution < 1.29 is 17.2 Å². The zero-order valence-corrected chi connectivity index (χ0v) is 7.21. The zero-order valence-electron chi connectivity index (χ0n) is 6.39. The number of hydrogen-bond acceptors (Lipinski definition) is 3. The molecule has 0 unspecified atom stereocenters. The number of alkyl halides is 2. The number of rotatable bonds is 3. The Morgan fingerprint density at radius 2 is 2.23 bits per heavy atom. The predicted molar refractivity (Wildman–Crippen MR) is 39.6 cm³/mol. The van der Waals surface area contributed by atoms with E-state index in [1.165, 1.54) is 0 Å². The van der Waals surface area contributed by atoms with E-state index in [2.05, 4.69) is 4.98 Å². The molecule has 0 saturated carbocycles. The molecule has 0 bridgehead atoms. The van der Waals surface area contributed by atoms with Crippen LogP contribution in [0.2, 0.25) is 0 Å². The van der Waals surface area contributed by atoms with Crippen molar-refractivity contribution in [2.24, 2.45) is 5.14 Å². The second-order valence-corrected chi connectivity index (χ2v) is 3.85. The van der Waals surface area contributed by atoms with E-state index >= 15 is 0 Å². The zero-order chi connectivity index (χ0) is 10.1. The molecule has 0 radical (unpaired) electrons. The average Bonchev–Trinajstić information content (AvgIpc) is 2.32. The molecule has 1 heterocycles. The van der Waals surface area contributed by atoms with Crippen LogP contribution in [0.15, 0.2) is 17.6 Å². The van der Waals surface area contributed by atoms with E-state index in [0.29, 0.717) is 0 Å². The molecule has 0 saturated heterocycles. The third kappa shape index (κ3) is 2.74. The lowest BCUT2D eigenvalue weighted by Gasteiger charge is -1.97. The lowest BCUT2D eigenvalue weighted by molar-refractivity contribution is 0.126. The summed E-state index contributed by atoms with van der Waals surface area (Å²) in [5, 5.41) is 4.30. The third-order valence-electron chi connectivity index (χ3n) is 1.25. The van der Waals surface area contributed by atoms with Gasteiger partial charge in [0.05, 0.1) is 12.9 Å². The first kappa shape index (κ1) is 10.1. The molecule has 0 atom stereocenters. The Balaban J connectivity index is 2.88. The van der Waals surface area contributed by atoms with E-state index in [1.807, 2.05) is 0 Å². The van der Waals surface area contributed by atoms with Crippen molar-refractivity contribution in [1.29, 1.82) is 0 Å². The smallest absolute Gasteiger partial charge is 0.257 e. The summed E-state index contributed by atoms with van der Waals surface area (Å²) in [5.74, 6) is 0. The second-order valence-electron chi connectivity index (χ2n) is 2.34. The van der Waals surface area contributed by atoms with Gasteiger partial charge in [0.25, 0.3) is 16.4 Å². The number of nitrogens with two attached hydrogens (primary N) is 1. The molecular weight excluding hydrogens is 204 g/mol. The van der Waals surface area contributed by atoms with Gasteiger partial charge in [-0.2, -0.15) is 0 Å². The molecule has 0 amide bonds. The van der Waals surface area contributed by atoms with Crippen molar-refractivity contribution in [2.45, 2.75) is 18.0 Å². The number of aromatic nitrogens is 2. The molecule has 0 spiro atoms. The van der Waals surface area contributed by atoms with Crippen LogP contribution in [-0.4, -0.2) is 24.4 Å². The summed E-state index contributed by atoms with van der Waals surface area (Å²) in [6.45, 7) is -0.595. The Hall–Kier alpha value is -1.02. The van der Waals surface area contributed by atoms with Crippen molar-refractivity contribution in [3.8, 4) is 0 Å². The third-order valence-corrected chi connectivity index (χ3v) is 2.04. The van der Waals surface area contributed by atoms with Gasteiger partial charge in [-0.05, 0) is 0 Å². The van der Waals surface area contributed by atoms with Crippen LogP contribution in [0, 0.1) is 0 Å². The highest BCUT2D eigenvalue weighted by Gasteiger charge is 2.12. The first-order valence-electron chi connectivity index (χ1n) is 3.22. The van der Waals surface area contributed by atoms with Crippen LogP contribution in [0.3, 0.4) is 0 Å². The second kappa shape index (κ2) is 3.38. The van der Waals surface area contributed by atoms with Crippen LogP contribution in [0.4, 0.5) is 8.78 Å². The molecule has 0 fully saturated rings. The first-order valence-corrected chi connectivity index (χ1v) is 4.77. The van der Waals surface area contributed by atoms with Gasteiger partial charge in [-0.3, -0.25) is 0 Å². The number of hydrogen-bond donors (Lipinski definition) is 1. The number of sulfonamides is 1. The minimum atomic E-state index is -3.89. The summed E-state index contributed by atoms with van der Waals surface area (Å²) in [4.78, 5) is 3.36. The van der Waals surface area contributed by atoms with Crippen LogP contribution >= 0.6 is 0 Å². The Morgan fingerprint density at radius 1 is 1.62 bits per heavy atom. The molecule has 1 aromatic rings. The molecule has 5 nitrogen and oxygen atoms in total. The number of imidazole rings is 1. The SMILES string of the molecule is NS(=O)(=O)c1cn(CC(F)F)cn1. The van der Waals surface area contributed by atoms with Gasteiger partial charge >= 0.3 is 0 Å². The quantitative estimate of drug-likeness (QED) is 0.751. The average molecular weight is 211 g/mol. The van der Waals surface area contributed by atoms with E-state index in [-0.39, 0.29) is 0 Å². The van der Waals surface area contributed by atoms with E-state index < -0.39 is 28.0 Å². The Kier molecular flexibility index (Phi) is 2.62. The monoisotopic (exact) mass is 211 g/mol. The van der Waals surface area contributed by atoms with Crippen LogP contribution in [0.1, 0.15) is 0 Å². The molecule has 2 N–H and O–H groups in total. The Bertz CT molecular complexity index is 386. The lowest BCUT2D eigenvalue weighted by atomic mass is 10.6. The summed E-state index contributed by atoms with van der Waals surface area (Å²) in [7, 11) is -3.89. The predicted octanol–water partition coefficient (Wildman–Crippen LogP) is -0.204. The molecule has 0 aliphatic heterocycles. The standard InChI is InChI=1S/C5H7F2N3O2S/c6-4(7)1-10-2-5(9-3-10)13(8,11)12/h2-4H,1H2,(H2,8,11,12). The highest BCUT2D eigenvalue weighted by atomic mass is 32.2. The highest BCUT2D eigenvalue weighted by molar-refractivity contribution is 7.89. The summed E-state index contributed by atoms with van der Waals surface area (Å²) < 4.78 is 45.8. The van der Waals surface area contributed by atoms with Crippen molar-refractivity contribution in [1.82, 2.24) is 9.55 Å². The largest absolute Gasteiger partial charge is 0.330 e. The van der Waals surface area contributed by atoms with E-state index in [0.717, 1.165) is 17.1 Å². The fraction of sp³-hybridized carbons (Fsp3) is 0.400. The van der Waals surface area contributed by atoms with E-state index in [4.69, 9.17) is 5.14 Å². The molecule has 74 valence electrons. The summed E-state index contributed by atoms with van der Waals surface area (Å²) in [6.07, 6.45) is -0.601. The van der Waals surface area contributed by atoms with E-state index in [9.17, 15) is 17.2 Å². The summed E-state index contributed by atoms with van der Waals surface area (Å²) in [5.41, 5.74) is 0. The summed E-state index contributed by atoms with van der Waals surface area (Å²) >= 11 is 0. The molecule has 0 aromatic carbocycles. The summed E-state index contributed by atoms with van der Waals surface area (Å²) in [6, 6.07) is 0. The molecule has 8 heteroatoms. The van der Waals surface area contributed by atoms with Gasteiger partial charge in [0, 0.05) is 6.20 Å². The topological polar surface area (TPSA) is 78.0 Å². The fourth-order valence-electron chi connectivity index (χ4n) is 0.746. The minimum absolute atomic E-state index is 0.409. The van der Waals surface area contributed by atoms with Crippen LogP contribution in [0.25, 0.3) is 0 Å². The molecule has 0 aliphatic rings. The van der Waals surface area contributed by atoms with Crippen molar-refractivity contribution in [2.75, 3.05) is 0 Å². The number of primary sulfonamides is 1. The van der Waals surface area contributed by atoms with E-state index in [1.54, 1.807) is 0 Å². The maximum Gasteiger partial charge on any atom is 0.257 e. The van der Waals surface area contributed by atoms with Crippen molar-refractivity contribution in [3.63, 3.8) is 0 Å². The molecule has 1 aromatic heterocycles. The molecule has 0 aliphatic carbocycles. The van der Waals surface area contributed by atoms with Gasteiger partial charge in [0.1, 0.15) is 0 Å². The van der Waals surface area contributed by atoms with Gasteiger partial charge in [0.15, 0.2) is 5.03 Å². The van der Waals surface area contributed by atoms with Crippen LogP contribution in [0.5, 0.6) is 0 Å². The lowest BCUT2D eigenvalue weighted by Crippen LogP contribution is -2.12. The number of nitrogens with zero attached hydrogens (tertiary/aromatic N) is 2. The fourth-order valence-corrected chi connectivity index (χ4v) is 1.22. The maximum atomic E-state index is 11.8. The van der Waals surface area contributed by atoms with Gasteiger partial charge < -0.3 is 4.57 Å². The highest BCUT2D eigenvalue weighted by Crippen LogP contribution is 2.04. The van der Waals surface area contributed by atoms with Crippen molar-refractivity contribution in [3.05, 3.63) is 12.5 Å². The van der Waals surface area contributed by atoms with Gasteiger partial charge in [-0.1, -0.05) is 0 Å². The molecular formula is C5H7F2N3O2S. The van der Waals surface area contributed by atoms with Gasteiger partial charge in [-0.25, -0.2) is 27.3 Å². The van der Waals surface area contributed by atoms with Crippen LogP contribution < -0.4 is 5.14 Å². The normalized spacial score (nSPS) is 12.3. The van der Waals surface area contributed by atoms with Gasteiger partial charge in [-0.15, -0.1) is 0 Å². The Labute approximate surface area is 73.2 Å². The minimum Gasteiger partial charge on any atom is -0.330 e. The maximum absolute atomic E-state index is 11.8. The molecule has 1 rings (SSSR count). The van der Waals surface area contributed by atoms with Crippen molar-refractivity contribution >= 4 is 10.0 Å². The molecule has 13 heavy (non-hydrogen) atoms.